The molecule has 0 aromatic heterocycles. The normalized spacial score (nSPS) is 12.1. The summed E-state index contributed by atoms with van der Waals surface area (Å²) in [7, 11) is 0. The summed E-state index contributed by atoms with van der Waals surface area (Å²) in [5, 5.41) is 11.7. The first kappa shape index (κ1) is 24.1. The number of nitrogens with zero attached hydrogens (tertiary/aromatic N) is 1. The number of aliphatic hydroxyl groups is 1. The van der Waals surface area contributed by atoms with Gasteiger partial charge in [-0.3, -0.25) is 0 Å². The van der Waals surface area contributed by atoms with Gasteiger partial charge in [-0.1, -0.05) is 90.1 Å². The number of carbonyl (C=O) groups is 1. The molecule has 0 amide bonds. The summed E-state index contributed by atoms with van der Waals surface area (Å²) in [6.45, 7) is 15.3. The molecule has 2 aromatic carbocycles. The first-order chi connectivity index (χ1) is 14.2. The van der Waals surface area contributed by atoms with E-state index in [9.17, 15) is 9.90 Å². The number of hydrogen-bond acceptors (Lipinski definition) is 4. The van der Waals surface area contributed by atoms with Crippen LogP contribution in [0.4, 0.5) is 0 Å². The highest BCUT2D eigenvalue weighted by atomic mass is 16.5. The van der Waals surface area contributed by atoms with Crippen molar-refractivity contribution in [2.75, 3.05) is 26.2 Å². The van der Waals surface area contributed by atoms with Crippen LogP contribution < -0.4 is 0 Å². The molecule has 4 nitrogen and oxygen atoms in total. The topological polar surface area (TPSA) is 49.8 Å². The van der Waals surface area contributed by atoms with Gasteiger partial charge in [0.15, 0.2) is 0 Å². The average Bonchev–Trinajstić information content (AvgIpc) is 2.76. The zero-order valence-corrected chi connectivity index (χ0v) is 19.3. The predicted octanol–water partition coefficient (Wildman–Crippen LogP) is 5.05. The fourth-order valence-corrected chi connectivity index (χ4v) is 3.53. The van der Waals surface area contributed by atoms with E-state index in [0.717, 1.165) is 24.2 Å². The average molecular weight is 412 g/mol. The molecular formula is C26H37NO3. The Balaban J connectivity index is 2.37. The lowest BCUT2D eigenvalue weighted by molar-refractivity contribution is -0.162. The minimum atomic E-state index is -1.84. The molecule has 0 aliphatic rings. The van der Waals surface area contributed by atoms with Gasteiger partial charge < -0.3 is 14.7 Å². The fourth-order valence-electron chi connectivity index (χ4n) is 3.53. The molecule has 0 radical (unpaired) electrons. The van der Waals surface area contributed by atoms with Gasteiger partial charge in [-0.25, -0.2) is 4.79 Å². The van der Waals surface area contributed by atoms with Crippen molar-refractivity contribution in [3.8, 4) is 0 Å². The van der Waals surface area contributed by atoms with Crippen molar-refractivity contribution >= 4 is 5.97 Å². The summed E-state index contributed by atoms with van der Waals surface area (Å²) in [6, 6.07) is 15.2. The van der Waals surface area contributed by atoms with Gasteiger partial charge in [0.25, 0.3) is 0 Å². The van der Waals surface area contributed by atoms with Crippen LogP contribution in [0.3, 0.4) is 0 Å². The van der Waals surface area contributed by atoms with Crippen molar-refractivity contribution in [2.24, 2.45) is 0 Å². The number of ether oxygens (including phenoxy) is 1. The largest absolute Gasteiger partial charge is 0.462 e. The number of likely N-dealkylation sites (N-methyl/N-ethyl adjacent to an activating group) is 1. The zero-order chi connectivity index (χ0) is 22.3. The highest BCUT2D eigenvalue weighted by molar-refractivity contribution is 5.85. The van der Waals surface area contributed by atoms with Gasteiger partial charge in [0.1, 0.15) is 6.61 Å². The molecule has 30 heavy (non-hydrogen) atoms. The third kappa shape index (κ3) is 5.50. The molecule has 0 saturated heterocycles. The lowest BCUT2D eigenvalue weighted by atomic mass is 9.84. The van der Waals surface area contributed by atoms with Crippen LogP contribution in [-0.2, 0) is 15.1 Å². The quantitative estimate of drug-likeness (QED) is 0.556. The number of benzene rings is 2. The lowest BCUT2D eigenvalue weighted by Gasteiger charge is -2.28. The Bertz CT molecular complexity index is 739. The Hall–Kier alpha value is -2.17. The van der Waals surface area contributed by atoms with Gasteiger partial charge in [-0.05, 0) is 47.2 Å². The Morgan fingerprint density at radius 3 is 1.60 bits per heavy atom. The summed E-state index contributed by atoms with van der Waals surface area (Å²) in [5.74, 6) is 0.112. The molecule has 0 heterocycles. The van der Waals surface area contributed by atoms with Crippen LogP contribution >= 0.6 is 0 Å². The van der Waals surface area contributed by atoms with Crippen LogP contribution in [0.5, 0.6) is 0 Å². The van der Waals surface area contributed by atoms with E-state index in [1.807, 2.05) is 48.5 Å². The van der Waals surface area contributed by atoms with Gasteiger partial charge in [-0.15, -0.1) is 0 Å². The highest BCUT2D eigenvalue weighted by Gasteiger charge is 2.41. The fraction of sp³-hybridized carbons (Fsp3) is 0.500. The van der Waals surface area contributed by atoms with Crippen LogP contribution in [0.15, 0.2) is 48.5 Å². The van der Waals surface area contributed by atoms with Crippen molar-refractivity contribution in [3.63, 3.8) is 0 Å². The van der Waals surface area contributed by atoms with Crippen molar-refractivity contribution in [3.05, 3.63) is 70.8 Å². The smallest absolute Gasteiger partial charge is 0.347 e. The summed E-state index contributed by atoms with van der Waals surface area (Å²) >= 11 is 0. The second-order valence-electron chi connectivity index (χ2n) is 8.43. The van der Waals surface area contributed by atoms with Gasteiger partial charge in [0.05, 0.1) is 0 Å². The molecule has 0 atom stereocenters. The third-order valence-electron chi connectivity index (χ3n) is 5.82. The minimum Gasteiger partial charge on any atom is -0.462 e. The van der Waals surface area contributed by atoms with E-state index < -0.39 is 11.6 Å². The number of hydrogen-bond donors (Lipinski definition) is 1. The van der Waals surface area contributed by atoms with Crippen molar-refractivity contribution in [2.45, 2.75) is 59.0 Å². The standard InChI is InChI=1S/C26H37NO3/c1-7-27(8-2)17-18-30-25(28)26(29,23-13-9-21(10-14-23)19(3)4)24-15-11-22(12-16-24)20(5)6/h9-16,19-20,29H,7-8,17-18H2,1-6H3. The van der Waals surface area contributed by atoms with E-state index in [0.29, 0.717) is 29.5 Å². The van der Waals surface area contributed by atoms with Crippen molar-refractivity contribution in [1.29, 1.82) is 0 Å². The van der Waals surface area contributed by atoms with Crippen LogP contribution in [0.1, 0.15) is 75.6 Å². The number of rotatable bonds is 10. The molecule has 0 bridgehead atoms. The third-order valence-corrected chi connectivity index (χ3v) is 5.82. The predicted molar refractivity (Wildman–Crippen MR) is 123 cm³/mol. The molecule has 164 valence electrons. The SMILES string of the molecule is CCN(CC)CCOC(=O)C(O)(c1ccc(C(C)C)cc1)c1ccc(C(C)C)cc1. The molecule has 0 saturated carbocycles. The van der Waals surface area contributed by atoms with E-state index >= 15 is 0 Å². The first-order valence-electron chi connectivity index (χ1n) is 11.1. The van der Waals surface area contributed by atoms with Gasteiger partial charge in [0.2, 0.25) is 5.60 Å². The molecule has 4 heteroatoms. The van der Waals surface area contributed by atoms with E-state index in [1.165, 1.54) is 0 Å². The van der Waals surface area contributed by atoms with Crippen LogP contribution in [0, 0.1) is 0 Å². The molecule has 0 fully saturated rings. The molecule has 0 unspecified atom stereocenters. The Labute approximate surface area is 181 Å². The maximum Gasteiger partial charge on any atom is 0.347 e. The summed E-state index contributed by atoms with van der Waals surface area (Å²) in [5.41, 5.74) is 1.53. The number of esters is 1. The second-order valence-corrected chi connectivity index (χ2v) is 8.43. The van der Waals surface area contributed by atoms with Gasteiger partial charge >= 0.3 is 5.97 Å². The molecule has 0 spiro atoms. The summed E-state index contributed by atoms with van der Waals surface area (Å²) in [6.07, 6.45) is 0. The first-order valence-corrected chi connectivity index (χ1v) is 11.1. The maximum absolute atomic E-state index is 13.2. The van der Waals surface area contributed by atoms with Gasteiger partial charge in [-0.2, -0.15) is 0 Å². The summed E-state index contributed by atoms with van der Waals surface area (Å²) in [4.78, 5) is 15.4. The van der Waals surface area contributed by atoms with Crippen molar-refractivity contribution < 1.29 is 14.6 Å². The van der Waals surface area contributed by atoms with E-state index in [4.69, 9.17) is 4.74 Å². The van der Waals surface area contributed by atoms with Crippen LogP contribution in [0.2, 0.25) is 0 Å². The maximum atomic E-state index is 13.2. The zero-order valence-electron chi connectivity index (χ0n) is 19.3. The molecule has 2 aromatic rings. The second kappa shape index (κ2) is 10.7. The van der Waals surface area contributed by atoms with E-state index in [1.54, 1.807) is 0 Å². The van der Waals surface area contributed by atoms with Gasteiger partial charge in [0, 0.05) is 6.54 Å². The molecule has 1 N–H and O–H groups in total. The molecule has 0 aliphatic heterocycles. The highest BCUT2D eigenvalue weighted by Crippen LogP contribution is 2.33. The molecule has 2 rings (SSSR count). The van der Waals surface area contributed by atoms with E-state index in [2.05, 4.69) is 46.4 Å². The Morgan fingerprint density at radius 1 is 0.867 bits per heavy atom. The Morgan fingerprint density at radius 2 is 1.27 bits per heavy atom. The Kier molecular flexibility index (Phi) is 8.63. The monoisotopic (exact) mass is 411 g/mol. The van der Waals surface area contributed by atoms with Crippen molar-refractivity contribution in [1.82, 2.24) is 4.90 Å². The molecular weight excluding hydrogens is 374 g/mol. The lowest BCUT2D eigenvalue weighted by Crippen LogP contribution is -2.40. The summed E-state index contributed by atoms with van der Waals surface area (Å²) < 4.78 is 5.57. The van der Waals surface area contributed by atoms with E-state index in [-0.39, 0.29) is 6.61 Å². The number of carbonyl (C=O) groups excluding carboxylic acids is 1. The minimum absolute atomic E-state index is 0.247. The van der Waals surface area contributed by atoms with Crippen LogP contribution in [-0.4, -0.2) is 42.2 Å². The molecule has 0 aliphatic carbocycles. The van der Waals surface area contributed by atoms with Crippen LogP contribution in [0.25, 0.3) is 0 Å².